The van der Waals surface area contributed by atoms with Crippen molar-refractivity contribution in [2.24, 2.45) is 23.7 Å². The first-order chi connectivity index (χ1) is 21.8. The Kier molecular flexibility index (Phi) is 12.3. The molecule has 5 heteroatoms. The number of ketones is 1. The molecule has 4 rings (SSSR count). The van der Waals surface area contributed by atoms with Crippen LogP contribution in [0.25, 0.3) is 0 Å². The van der Waals surface area contributed by atoms with Gasteiger partial charge in [-0.3, -0.25) is 4.79 Å². The number of rotatable bonds is 11. The van der Waals surface area contributed by atoms with E-state index in [-0.39, 0.29) is 42.5 Å². The molecular formula is C40H48O5. The molecule has 0 bridgehead atoms. The number of ether oxygens (including phenoxy) is 2. The fourth-order valence-electron chi connectivity index (χ4n) is 7.15. The van der Waals surface area contributed by atoms with Crippen molar-refractivity contribution in [2.75, 3.05) is 6.61 Å². The first kappa shape index (κ1) is 33.9. The lowest BCUT2D eigenvalue weighted by Gasteiger charge is -2.43. The highest BCUT2D eigenvalue weighted by Crippen LogP contribution is 2.52. The number of Topliss-reactive ketones (excluding diaryl/α,β-unsaturated/α-hetero) is 1. The second-order valence-electron chi connectivity index (χ2n) is 12.2. The van der Waals surface area contributed by atoms with Crippen molar-refractivity contribution < 1.29 is 24.2 Å². The van der Waals surface area contributed by atoms with Crippen molar-refractivity contribution >= 4 is 11.8 Å². The van der Waals surface area contributed by atoms with E-state index in [0.717, 1.165) is 12.8 Å². The number of hydrogen-bond donors (Lipinski definition) is 1. The van der Waals surface area contributed by atoms with Crippen LogP contribution in [0.3, 0.4) is 0 Å². The van der Waals surface area contributed by atoms with Gasteiger partial charge in [0.25, 0.3) is 0 Å². The molecule has 0 aromatic heterocycles. The minimum absolute atomic E-state index is 0.166. The fraction of sp³-hybridized carbons (Fsp3) is 0.400. The van der Waals surface area contributed by atoms with Crippen LogP contribution in [0, 0.1) is 23.7 Å². The highest BCUT2D eigenvalue weighted by atomic mass is 16.6. The summed E-state index contributed by atoms with van der Waals surface area (Å²) in [6, 6.07) is 8.98. The molecule has 3 aliphatic carbocycles. The lowest BCUT2D eigenvalue weighted by atomic mass is 9.61. The Morgan fingerprint density at radius 1 is 0.933 bits per heavy atom. The highest BCUT2D eigenvalue weighted by Gasteiger charge is 2.40. The van der Waals surface area contributed by atoms with Crippen molar-refractivity contribution in [1.82, 2.24) is 0 Å². The Labute approximate surface area is 269 Å². The molecule has 0 fully saturated rings. The molecule has 3 aliphatic rings. The summed E-state index contributed by atoms with van der Waals surface area (Å²) in [6.45, 7) is 11.7. The zero-order valence-corrected chi connectivity index (χ0v) is 27.0. The zero-order chi connectivity index (χ0) is 32.3. The van der Waals surface area contributed by atoms with Gasteiger partial charge in [0, 0.05) is 6.42 Å². The smallest absolute Gasteiger partial charge is 0.339 e. The van der Waals surface area contributed by atoms with Gasteiger partial charge in [0.1, 0.15) is 6.61 Å². The van der Waals surface area contributed by atoms with Gasteiger partial charge in [0.15, 0.2) is 18.0 Å². The van der Waals surface area contributed by atoms with Crippen LogP contribution in [0.1, 0.15) is 69.9 Å². The molecule has 0 spiro atoms. The second kappa shape index (κ2) is 16.4. The number of fused-ring (bicyclic) bond motifs is 1. The van der Waals surface area contributed by atoms with Gasteiger partial charge in [-0.1, -0.05) is 118 Å². The van der Waals surface area contributed by atoms with Crippen LogP contribution in [0.5, 0.6) is 0 Å². The minimum atomic E-state index is -1.49. The van der Waals surface area contributed by atoms with Gasteiger partial charge in [0.2, 0.25) is 0 Å². The summed E-state index contributed by atoms with van der Waals surface area (Å²) in [7, 11) is 0. The average Bonchev–Trinajstić information content (AvgIpc) is 3.06. The molecule has 0 amide bonds. The molecular weight excluding hydrogens is 560 g/mol. The number of aliphatic hydroxyl groups excluding tert-OH is 1. The number of aliphatic hydroxyl groups is 1. The van der Waals surface area contributed by atoms with Gasteiger partial charge in [-0.15, -0.1) is 0 Å². The van der Waals surface area contributed by atoms with Gasteiger partial charge < -0.3 is 14.6 Å². The first-order valence-corrected chi connectivity index (χ1v) is 16.3. The summed E-state index contributed by atoms with van der Waals surface area (Å²) in [5.74, 6) is 0.516. The topological polar surface area (TPSA) is 72.8 Å². The zero-order valence-electron chi connectivity index (χ0n) is 27.0. The summed E-state index contributed by atoms with van der Waals surface area (Å²) in [5, 5.41) is 10.3. The van der Waals surface area contributed by atoms with E-state index in [1.54, 1.807) is 6.92 Å². The van der Waals surface area contributed by atoms with Crippen molar-refractivity contribution in [3.63, 3.8) is 0 Å². The van der Waals surface area contributed by atoms with Crippen molar-refractivity contribution in [1.29, 1.82) is 0 Å². The SMILES string of the molecule is C=C\C=C1/C(=C\C=C\OCC(O)C(=O)OC(C)C(=O)CC)C(C)C(C2C=CC=CC2)c2ccccc2C(C)C1C1C=CC=CC1. The molecule has 8 unspecified atom stereocenters. The van der Waals surface area contributed by atoms with Crippen LogP contribution < -0.4 is 0 Å². The summed E-state index contributed by atoms with van der Waals surface area (Å²) in [4.78, 5) is 24.0. The lowest BCUT2D eigenvalue weighted by Crippen LogP contribution is -2.33. The largest absolute Gasteiger partial charge is 0.498 e. The molecule has 0 saturated carbocycles. The fourth-order valence-corrected chi connectivity index (χ4v) is 7.15. The molecule has 0 saturated heterocycles. The molecule has 238 valence electrons. The number of esters is 1. The molecule has 0 heterocycles. The highest BCUT2D eigenvalue weighted by molar-refractivity contribution is 5.85. The number of carbonyl (C=O) groups excluding carboxylic acids is 2. The summed E-state index contributed by atoms with van der Waals surface area (Å²) >= 11 is 0. The Hall–Kier alpha value is -3.96. The molecule has 5 nitrogen and oxygen atoms in total. The van der Waals surface area contributed by atoms with E-state index < -0.39 is 18.2 Å². The molecule has 8 atom stereocenters. The maximum absolute atomic E-state index is 12.2. The standard InChI is InChI=1S/C40H48O5/c1-6-17-34-33(24-16-25-44-26-37(42)40(43)45-29(5)36(41)7-2)28(4)39(31-20-12-9-13-21-31)35-23-15-14-22-32(35)27(3)38(34)30-18-10-8-11-19-30/h6,8-18,20,22-25,27-31,37-39,42H,1,7,19,21,26H2,2-5H3/b25-16+,33-24-,34-17+. The molecule has 1 N–H and O–H groups in total. The van der Waals surface area contributed by atoms with Crippen LogP contribution in [0.4, 0.5) is 0 Å². The van der Waals surface area contributed by atoms with E-state index in [2.05, 4.69) is 105 Å². The third kappa shape index (κ3) is 8.20. The van der Waals surface area contributed by atoms with E-state index in [0.29, 0.717) is 11.8 Å². The van der Waals surface area contributed by atoms with Crippen LogP contribution in [0.2, 0.25) is 0 Å². The number of hydrogen-bond acceptors (Lipinski definition) is 5. The molecule has 0 radical (unpaired) electrons. The maximum Gasteiger partial charge on any atom is 0.339 e. The van der Waals surface area contributed by atoms with E-state index in [1.807, 2.05) is 12.2 Å². The monoisotopic (exact) mass is 608 g/mol. The molecule has 0 aliphatic heterocycles. The third-order valence-corrected chi connectivity index (χ3v) is 9.43. The van der Waals surface area contributed by atoms with Crippen molar-refractivity contribution in [3.05, 3.63) is 132 Å². The van der Waals surface area contributed by atoms with E-state index >= 15 is 0 Å². The summed E-state index contributed by atoms with van der Waals surface area (Å²) in [5.41, 5.74) is 5.31. The van der Waals surface area contributed by atoms with Gasteiger partial charge in [-0.25, -0.2) is 4.79 Å². The minimum Gasteiger partial charge on any atom is -0.498 e. The normalized spacial score (nSPS) is 29.2. The van der Waals surface area contributed by atoms with E-state index in [9.17, 15) is 14.7 Å². The molecule has 45 heavy (non-hydrogen) atoms. The van der Waals surface area contributed by atoms with Gasteiger partial charge in [-0.2, -0.15) is 0 Å². The summed E-state index contributed by atoms with van der Waals surface area (Å²) in [6.07, 6.45) is 27.2. The van der Waals surface area contributed by atoms with Crippen LogP contribution in [-0.2, 0) is 19.1 Å². The first-order valence-electron chi connectivity index (χ1n) is 16.3. The van der Waals surface area contributed by atoms with Gasteiger partial charge in [-0.05, 0) is 83.6 Å². The predicted octanol–water partition coefficient (Wildman–Crippen LogP) is 8.25. The van der Waals surface area contributed by atoms with Crippen LogP contribution in [0.15, 0.2) is 121 Å². The number of benzene rings is 1. The Balaban J connectivity index is 1.69. The number of allylic oxidation sites excluding steroid dienone is 14. The molecule has 1 aromatic carbocycles. The van der Waals surface area contributed by atoms with Crippen molar-refractivity contribution in [3.8, 4) is 0 Å². The predicted molar refractivity (Wildman–Crippen MR) is 181 cm³/mol. The van der Waals surface area contributed by atoms with Gasteiger partial charge in [0.05, 0.1) is 6.26 Å². The Morgan fingerprint density at radius 2 is 1.58 bits per heavy atom. The summed E-state index contributed by atoms with van der Waals surface area (Å²) < 4.78 is 10.7. The third-order valence-electron chi connectivity index (χ3n) is 9.43. The average molecular weight is 609 g/mol. The van der Waals surface area contributed by atoms with Crippen LogP contribution >= 0.6 is 0 Å². The Bertz CT molecular complexity index is 1420. The van der Waals surface area contributed by atoms with E-state index in [1.165, 1.54) is 35.5 Å². The molecule has 1 aromatic rings. The lowest BCUT2D eigenvalue weighted by molar-refractivity contribution is -0.164. The van der Waals surface area contributed by atoms with Crippen molar-refractivity contribution in [2.45, 2.75) is 71.0 Å². The Morgan fingerprint density at radius 3 is 2.18 bits per heavy atom. The van der Waals surface area contributed by atoms with Gasteiger partial charge >= 0.3 is 5.97 Å². The number of carbonyl (C=O) groups is 2. The second-order valence-corrected chi connectivity index (χ2v) is 12.2. The maximum atomic E-state index is 12.2. The van der Waals surface area contributed by atoms with Crippen LogP contribution in [-0.4, -0.2) is 35.7 Å². The quantitative estimate of drug-likeness (QED) is 0.202. The van der Waals surface area contributed by atoms with E-state index in [4.69, 9.17) is 9.47 Å².